The van der Waals surface area contributed by atoms with Crippen molar-refractivity contribution in [2.75, 3.05) is 61.3 Å². The van der Waals surface area contributed by atoms with E-state index >= 15 is 0 Å². The molecule has 0 aliphatic rings. The van der Waals surface area contributed by atoms with Crippen LogP contribution in [0.1, 0.15) is 202 Å². The number of aliphatic hydroxyl groups excluding tert-OH is 3. The summed E-state index contributed by atoms with van der Waals surface area (Å²) in [4.78, 5) is 69.0. The number of hydrogen-bond acceptors (Lipinski definition) is 16. The number of carbonyl (C=O) groups is 6. The third-order valence-electron chi connectivity index (χ3n) is 12.8. The number of halogens is 2. The number of nitrogens with two attached hydrogens (primary N) is 1. The molecular formula is C82H130BrClN4O15Sn. The van der Waals surface area contributed by atoms with E-state index in [1.807, 2.05) is 65.8 Å². The van der Waals surface area contributed by atoms with Crippen LogP contribution in [-0.4, -0.2) is 126 Å². The number of ether oxygens (including phenoxy) is 6. The molecule has 0 aliphatic carbocycles. The summed E-state index contributed by atoms with van der Waals surface area (Å²) in [5.74, 6) is 1.12. The van der Waals surface area contributed by atoms with Gasteiger partial charge in [-0.2, -0.15) is 0 Å². The average molecular weight is 1650 g/mol. The first-order valence-electron chi connectivity index (χ1n) is 33.1. The first-order chi connectivity index (χ1) is 46.3. The summed E-state index contributed by atoms with van der Waals surface area (Å²) in [6.07, 6.45) is 25.0. The molecule has 4 aromatic carbocycles. The van der Waals surface area contributed by atoms with Gasteiger partial charge in [-0.3, -0.25) is 10.6 Å². The fourth-order valence-corrected chi connectivity index (χ4v) is 22.6. The SMILES string of the molecule is C.C.C.C.C.C#Cc1ccc(NC(=O)OC(C)(C)C)cc1.CCC[CH2][Sn](/[CH]=C/c1ccc(NC(=O)OC(C)(C)C)cc1)([CH2]CCC)[CH2]CCC.CCOC(=O)/C(Br)=C/CO.CCOC(=O)C(/C=C/c1ccc(N)cc1)=C/CO.CCOC(=O)C(/C=C/c1ccc(NC(=O)OC(C)(C)C)cc1)=C/CO.Cl. The summed E-state index contributed by atoms with van der Waals surface area (Å²) in [5.41, 5.74) is 11.1. The predicted octanol–water partition coefficient (Wildman–Crippen LogP) is 21.2. The fourth-order valence-electron chi connectivity index (χ4n) is 8.16. The largest absolute Gasteiger partial charge is 0.462 e. The molecular weight excluding hydrogens is 1510 g/mol. The smallest absolute Gasteiger partial charge is 0.412 e. The van der Waals surface area contributed by atoms with E-state index < -0.39 is 71.4 Å². The zero-order chi connectivity index (χ0) is 74.2. The van der Waals surface area contributed by atoms with Crippen molar-refractivity contribution >= 4 is 124 Å². The summed E-state index contributed by atoms with van der Waals surface area (Å²) >= 11 is 0.686. The van der Waals surface area contributed by atoms with Gasteiger partial charge < -0.3 is 44.7 Å². The number of nitrogen functional groups attached to an aromatic ring is 1. The topological polar surface area (TPSA) is 281 Å². The average Bonchev–Trinajstić information content (AvgIpc) is 0.862. The van der Waals surface area contributed by atoms with Gasteiger partial charge in [-0.05, 0) is 168 Å². The summed E-state index contributed by atoms with van der Waals surface area (Å²) < 4.78 is 37.4. The zero-order valence-corrected chi connectivity index (χ0v) is 66.0. The van der Waals surface area contributed by atoms with Crippen molar-refractivity contribution in [2.45, 2.75) is 210 Å². The van der Waals surface area contributed by atoms with Crippen molar-refractivity contribution in [3.63, 3.8) is 0 Å². The monoisotopic (exact) mass is 1640 g/mol. The second kappa shape index (κ2) is 61.6. The maximum Gasteiger partial charge on any atom is 0.412 e. The van der Waals surface area contributed by atoms with Gasteiger partial charge in [-0.1, -0.05) is 79.5 Å². The number of hydrogen-bond donors (Lipinski definition) is 7. The Bertz CT molecular complexity index is 3210. The second-order valence-corrected chi connectivity index (χ2v) is 38.6. The van der Waals surface area contributed by atoms with Gasteiger partial charge in [-0.15, -0.1) is 18.8 Å². The molecule has 0 saturated heterocycles. The number of benzene rings is 4. The van der Waals surface area contributed by atoms with Crippen LogP contribution >= 0.6 is 28.3 Å². The van der Waals surface area contributed by atoms with E-state index in [1.54, 1.807) is 127 Å². The van der Waals surface area contributed by atoms with Crippen LogP contribution in [0.3, 0.4) is 0 Å². The molecule has 19 nitrogen and oxygen atoms in total. The van der Waals surface area contributed by atoms with Gasteiger partial charge in [0.15, 0.2) is 0 Å². The van der Waals surface area contributed by atoms with Crippen molar-refractivity contribution in [2.24, 2.45) is 0 Å². The Kier molecular flexibility index (Phi) is 65.0. The van der Waals surface area contributed by atoms with Gasteiger partial charge in [0.2, 0.25) is 0 Å². The van der Waals surface area contributed by atoms with Crippen LogP contribution in [0.2, 0.25) is 13.3 Å². The zero-order valence-electron chi connectivity index (χ0n) is 60.7. The van der Waals surface area contributed by atoms with Gasteiger partial charge >= 0.3 is 214 Å². The van der Waals surface area contributed by atoms with Crippen molar-refractivity contribution in [3.8, 4) is 12.3 Å². The molecule has 586 valence electrons. The Balaban J connectivity index is -0.000000231. The van der Waals surface area contributed by atoms with Crippen LogP contribution in [0.5, 0.6) is 0 Å². The number of aliphatic hydroxyl groups is 3. The number of esters is 3. The van der Waals surface area contributed by atoms with Crippen molar-refractivity contribution in [3.05, 3.63) is 169 Å². The molecule has 104 heavy (non-hydrogen) atoms. The van der Waals surface area contributed by atoms with Gasteiger partial charge in [0.25, 0.3) is 0 Å². The Morgan fingerprint density at radius 3 is 1.04 bits per heavy atom. The Labute approximate surface area is 644 Å². The second-order valence-electron chi connectivity index (χ2n) is 24.8. The molecule has 8 N–H and O–H groups in total. The summed E-state index contributed by atoms with van der Waals surface area (Å²) in [7, 11) is 0. The van der Waals surface area contributed by atoms with Gasteiger partial charge in [-0.25, -0.2) is 24.0 Å². The molecule has 0 unspecified atom stereocenters. The van der Waals surface area contributed by atoms with E-state index in [1.165, 1.54) is 75.6 Å². The number of rotatable bonds is 27. The minimum absolute atomic E-state index is 0. The van der Waals surface area contributed by atoms with E-state index in [4.69, 9.17) is 51.2 Å². The summed E-state index contributed by atoms with van der Waals surface area (Å²) in [6.45, 7) is 28.8. The molecule has 0 atom stereocenters. The fraction of sp³-hybridized carbons (Fsp3) is 0.463. The number of carbonyl (C=O) groups excluding carboxylic acids is 6. The minimum Gasteiger partial charge on any atom is -0.462 e. The molecule has 0 radical (unpaired) electrons. The van der Waals surface area contributed by atoms with E-state index in [0.717, 1.165) is 22.4 Å². The molecule has 0 aromatic heterocycles. The molecule has 4 rings (SSSR count). The van der Waals surface area contributed by atoms with Crippen LogP contribution in [0, 0.1) is 12.3 Å². The van der Waals surface area contributed by atoms with E-state index in [9.17, 15) is 28.8 Å². The van der Waals surface area contributed by atoms with Crippen LogP contribution < -0.4 is 21.7 Å². The molecule has 0 aliphatic heterocycles. The van der Waals surface area contributed by atoms with Gasteiger partial charge in [0.1, 0.15) is 15.7 Å². The molecule has 0 saturated carbocycles. The molecule has 0 bridgehead atoms. The van der Waals surface area contributed by atoms with Gasteiger partial charge in [0, 0.05) is 22.6 Å². The molecule has 0 fully saturated rings. The van der Waals surface area contributed by atoms with Crippen LogP contribution in [0.15, 0.2) is 147 Å². The number of nitrogens with one attached hydrogen (secondary N) is 3. The first kappa shape index (κ1) is 110. The standard InChI is InChI=1S/C19H25NO5.C14H17NO3.C13H16NO2.C13H15NO2.C6H9BrO3.3C4H9.5CH4.ClH.Sn/c1-5-24-17(22)15(12-13-21)9-6-14-7-10-16(11-8-14)20-18(23)25-19(2,3)4;1-2-18-14(17)12(9-10-16)6-3-11-4-7-13(15)8-5-11;2*1-5-10-6-8-11(9-7-10)14-12(15)16-13(2,3)4;1-2-10-6(9)5(7)3-4-8;3*1-3-4-2;;;;;;;/h6-12,21H,5,13H2,1-4H3,(H,20,23);3-9,16H,2,10,15H2,1H3;1,5-9H,2-4H3,(H,14,15);1,6-9H,2-4H3,(H,14,15);3,8H,2,4H2,1H3;3*1,3-4H2,2H3;5*1H4;1H;/b9-6+,15-12+;6-3+,12-9+;;;5-3-;;;;;;;;;;. The first-order valence-corrected chi connectivity index (χ1v) is 41.5. The van der Waals surface area contributed by atoms with Crippen molar-refractivity contribution < 1.29 is 72.5 Å². The van der Waals surface area contributed by atoms with Crippen LogP contribution in [-0.2, 0) is 42.8 Å². The van der Waals surface area contributed by atoms with Crippen LogP contribution in [0.25, 0.3) is 18.2 Å². The minimum atomic E-state index is -2.24. The number of anilines is 4. The summed E-state index contributed by atoms with van der Waals surface area (Å²) in [6, 6.07) is 29.4. The molecule has 0 spiro atoms. The predicted molar refractivity (Wildman–Crippen MR) is 445 cm³/mol. The maximum absolute atomic E-state index is 11.9. The van der Waals surface area contributed by atoms with Crippen molar-refractivity contribution in [1.82, 2.24) is 0 Å². The molecule has 22 heteroatoms. The van der Waals surface area contributed by atoms with E-state index in [2.05, 4.69) is 85.6 Å². The van der Waals surface area contributed by atoms with Crippen molar-refractivity contribution in [1.29, 1.82) is 0 Å². The quantitative estimate of drug-likeness (QED) is 0.00556. The molecule has 4 aromatic rings. The van der Waals surface area contributed by atoms with E-state index in [0.29, 0.717) is 35.8 Å². The van der Waals surface area contributed by atoms with Gasteiger partial charge in [0.05, 0.1) is 50.8 Å². The molecule has 0 heterocycles. The normalized spacial score (nSPS) is 11.1. The third kappa shape index (κ3) is 54.9. The number of terminal acetylenes is 1. The maximum atomic E-state index is 11.9. The number of unbranched alkanes of at least 4 members (excludes halogenated alkanes) is 3. The molecule has 3 amide bonds. The Morgan fingerprint density at radius 2 is 0.760 bits per heavy atom. The number of amides is 3. The Morgan fingerprint density at radius 1 is 0.471 bits per heavy atom. The van der Waals surface area contributed by atoms with E-state index in [-0.39, 0.29) is 86.0 Å². The third-order valence-corrected chi connectivity index (χ3v) is 27.5. The van der Waals surface area contributed by atoms with Crippen LogP contribution in [0.4, 0.5) is 37.1 Å². The summed E-state index contributed by atoms with van der Waals surface area (Å²) in [5, 5.41) is 34.2. The Hall–Kier alpha value is -7.65.